The molecule has 3 atom stereocenters. The minimum Gasteiger partial charge on any atom is -0.481 e. The van der Waals surface area contributed by atoms with Gasteiger partial charge in [-0.3, -0.25) is 14.6 Å². The van der Waals surface area contributed by atoms with Crippen LogP contribution >= 0.6 is 0 Å². The number of fused-ring (bicyclic) bond motifs is 14. The molecular weight excluding hydrogens is 701 g/mol. The van der Waals surface area contributed by atoms with Crippen molar-refractivity contribution in [1.82, 2.24) is 20.3 Å². The van der Waals surface area contributed by atoms with Gasteiger partial charge in [-0.2, -0.15) is 0 Å². The zero-order chi connectivity index (χ0) is 40.3. The smallest absolute Gasteiger partial charge is 0.303 e. The van der Waals surface area contributed by atoms with E-state index < -0.39 is 11.9 Å². The second-order valence-electron chi connectivity index (χ2n) is 16.1. The molecule has 12 bridgehead atoms. The fourth-order valence-electron chi connectivity index (χ4n) is 10.1. The van der Waals surface area contributed by atoms with Crippen LogP contribution < -0.4 is 5.32 Å². The normalized spacial score (nSPS) is 21.4. The molecule has 3 aromatic rings. The average Bonchev–Trinajstić information content (AvgIpc) is 3.97. The Bertz CT molecular complexity index is 2350. The first-order valence-corrected chi connectivity index (χ1v) is 20.6. The highest BCUT2D eigenvalue weighted by atomic mass is 16.4. The molecule has 10 heteroatoms. The number of allylic oxidation sites excluding steroid dienone is 2. The number of aromatic nitrogens is 3. The van der Waals surface area contributed by atoms with E-state index in [1.54, 1.807) is 0 Å². The minimum atomic E-state index is -0.873. The molecule has 6 N–H and O–H groups in total. The highest BCUT2D eigenvalue weighted by Crippen LogP contribution is 2.43. The molecule has 0 radical (unpaired) electrons. The first kappa shape index (κ1) is 39.1. The third kappa shape index (κ3) is 6.35. The van der Waals surface area contributed by atoms with Gasteiger partial charge in [0.05, 0.1) is 57.7 Å². The van der Waals surface area contributed by atoms with Crippen molar-refractivity contribution in [2.75, 3.05) is 0 Å². The van der Waals surface area contributed by atoms with Crippen LogP contribution in [0.4, 0.5) is 0 Å². The quantitative estimate of drug-likeness (QED) is 0.121. The number of hydrogen-bond acceptors (Lipinski definition) is 5. The molecule has 3 unspecified atom stereocenters. The predicted molar refractivity (Wildman–Crippen MR) is 226 cm³/mol. The van der Waals surface area contributed by atoms with Gasteiger partial charge < -0.3 is 30.5 Å². The second kappa shape index (κ2) is 15.1. The number of nitrogens with one attached hydrogen (secondary N) is 4. The molecule has 10 nitrogen and oxygen atoms in total. The van der Waals surface area contributed by atoms with Crippen LogP contribution in [0.15, 0.2) is 43.5 Å². The van der Waals surface area contributed by atoms with Crippen LogP contribution in [0, 0.1) is 26.7 Å². The van der Waals surface area contributed by atoms with Gasteiger partial charge in [0.15, 0.2) is 0 Å². The molecule has 0 aliphatic carbocycles. The van der Waals surface area contributed by atoms with E-state index >= 15 is 0 Å². The molecular formula is C46H58N6O4. The van der Waals surface area contributed by atoms with E-state index in [9.17, 15) is 19.8 Å². The lowest BCUT2D eigenvalue weighted by molar-refractivity contribution is -0.138. The van der Waals surface area contributed by atoms with Crippen LogP contribution in [-0.4, -0.2) is 60.6 Å². The molecule has 0 amide bonds. The van der Waals surface area contributed by atoms with Gasteiger partial charge in [-0.05, 0) is 140 Å². The van der Waals surface area contributed by atoms with Crippen molar-refractivity contribution in [1.29, 1.82) is 0 Å². The van der Waals surface area contributed by atoms with Gasteiger partial charge in [-0.15, -0.1) is 0 Å². The summed E-state index contributed by atoms with van der Waals surface area (Å²) in [6, 6.07) is -0.0281. The lowest BCUT2D eigenvalue weighted by Crippen LogP contribution is -2.36. The van der Waals surface area contributed by atoms with Crippen molar-refractivity contribution >= 4 is 35.1 Å². The molecule has 3 aromatic heterocycles. The van der Waals surface area contributed by atoms with E-state index in [4.69, 9.17) is 9.98 Å². The lowest BCUT2D eigenvalue weighted by Gasteiger charge is -2.20. The largest absolute Gasteiger partial charge is 0.481 e. The first-order valence-electron chi connectivity index (χ1n) is 20.6. The van der Waals surface area contributed by atoms with Crippen LogP contribution in [0.5, 0.6) is 0 Å². The maximum Gasteiger partial charge on any atom is 0.303 e. The minimum absolute atomic E-state index is 0.0244. The lowest BCUT2D eigenvalue weighted by atomic mass is 9.88. The number of H-pyrrole nitrogens is 3. The zero-order valence-corrected chi connectivity index (χ0v) is 34.8. The molecule has 296 valence electrons. The van der Waals surface area contributed by atoms with Gasteiger partial charge in [0.1, 0.15) is 0 Å². The summed E-state index contributed by atoms with van der Waals surface area (Å²) in [6.07, 6.45) is 6.86. The van der Waals surface area contributed by atoms with Crippen molar-refractivity contribution in [3.8, 4) is 11.4 Å². The molecule has 0 saturated heterocycles. The van der Waals surface area contributed by atoms with Crippen molar-refractivity contribution in [2.24, 2.45) is 15.9 Å². The van der Waals surface area contributed by atoms with Gasteiger partial charge in [-0.25, -0.2) is 4.99 Å². The molecule has 7 rings (SSSR count). The number of rotatable bonds is 10. The maximum atomic E-state index is 12.0. The summed E-state index contributed by atoms with van der Waals surface area (Å²) in [5, 5.41) is 23.7. The zero-order valence-electron chi connectivity index (χ0n) is 34.8. The Labute approximate surface area is 330 Å². The number of aliphatic imine (C=N–C) groups is 2. The van der Waals surface area contributed by atoms with E-state index in [1.807, 2.05) is 6.92 Å². The van der Waals surface area contributed by atoms with Crippen molar-refractivity contribution in [2.45, 2.75) is 139 Å². The number of carboxylic acids is 2. The third-order valence-electron chi connectivity index (χ3n) is 13.2. The van der Waals surface area contributed by atoms with Gasteiger partial charge in [0, 0.05) is 36.6 Å². The van der Waals surface area contributed by atoms with Crippen molar-refractivity contribution in [3.63, 3.8) is 0 Å². The Morgan fingerprint density at radius 3 is 2.02 bits per heavy atom. The standard InChI is InChI=1S/C46H58N6O4/c1-11-27-23(7)39-41-25(9)29(13-3)43(51-41)44-30(14-4)26(10)42(52-44)40-24(8)28(12-2)36(50-40)20-34-22(6)32(16-18-38(55)56)46(48-34)45-31(15-17-37(53)54)21(5)33(47-45)19-35(27)49-39/h19,26,36,42,48-49,51-52H,11-18,20H2,1-10H3,(H,53,54)(H,55,56)/b33-19-. The van der Waals surface area contributed by atoms with Gasteiger partial charge in [0.2, 0.25) is 0 Å². The predicted octanol–water partition coefficient (Wildman–Crippen LogP) is 9.27. The Morgan fingerprint density at radius 1 is 0.732 bits per heavy atom. The summed E-state index contributed by atoms with van der Waals surface area (Å²) in [5.74, 6) is -1.49. The number of carbonyl (C=O) groups is 2. The molecule has 7 heterocycles. The monoisotopic (exact) mass is 758 g/mol. The van der Waals surface area contributed by atoms with Crippen LogP contribution in [0.1, 0.15) is 137 Å². The van der Waals surface area contributed by atoms with E-state index in [1.165, 1.54) is 44.7 Å². The Kier molecular flexibility index (Phi) is 10.5. The maximum absolute atomic E-state index is 12.0. The topological polar surface area (TPSA) is 159 Å². The summed E-state index contributed by atoms with van der Waals surface area (Å²) in [6.45, 7) is 22.0. The van der Waals surface area contributed by atoms with Gasteiger partial charge in [0.25, 0.3) is 0 Å². The Hall–Kier alpha value is -5.12. The number of nitrogens with zero attached hydrogens (tertiary/aromatic N) is 2. The number of aliphatic carboxylic acids is 2. The molecule has 4 aliphatic rings. The van der Waals surface area contributed by atoms with E-state index in [0.717, 1.165) is 93.5 Å². The van der Waals surface area contributed by atoms with E-state index in [2.05, 4.69) is 88.7 Å². The van der Waals surface area contributed by atoms with Crippen LogP contribution in [0.2, 0.25) is 0 Å². The average molecular weight is 759 g/mol. The molecule has 0 fully saturated rings. The summed E-state index contributed by atoms with van der Waals surface area (Å²) < 4.78 is 0. The highest BCUT2D eigenvalue weighted by molar-refractivity contribution is 6.16. The summed E-state index contributed by atoms with van der Waals surface area (Å²) in [5.41, 5.74) is 22.6. The summed E-state index contributed by atoms with van der Waals surface area (Å²) in [7, 11) is 0. The third-order valence-corrected chi connectivity index (χ3v) is 13.2. The van der Waals surface area contributed by atoms with E-state index in [0.29, 0.717) is 25.0 Å². The highest BCUT2D eigenvalue weighted by Gasteiger charge is 2.40. The summed E-state index contributed by atoms with van der Waals surface area (Å²) in [4.78, 5) is 46.3. The van der Waals surface area contributed by atoms with Crippen LogP contribution in [0.25, 0.3) is 23.2 Å². The second-order valence-corrected chi connectivity index (χ2v) is 16.1. The molecule has 0 aromatic carbocycles. The molecule has 4 aliphatic heterocycles. The number of hydrogen-bond donors (Lipinski definition) is 6. The van der Waals surface area contributed by atoms with Crippen LogP contribution in [0.3, 0.4) is 0 Å². The SMILES string of the molecule is CCC1=C(C)C2=NC1Cc1[nH]c(c(CCC(=O)O)c1C)C1=N/C(=C\c3[nH]c(c(C)c3CC)-c3[nH]c(c(CC)c3C)C3=C(CC)C(C)C2N3)C(C)=C1CCC(=O)O. The molecule has 56 heavy (non-hydrogen) atoms. The van der Waals surface area contributed by atoms with Gasteiger partial charge in [-0.1, -0.05) is 34.6 Å². The van der Waals surface area contributed by atoms with Crippen molar-refractivity contribution in [3.05, 3.63) is 89.7 Å². The first-order chi connectivity index (χ1) is 26.7. The fourth-order valence-corrected chi connectivity index (χ4v) is 10.1. The van der Waals surface area contributed by atoms with Crippen LogP contribution in [-0.2, 0) is 35.3 Å². The van der Waals surface area contributed by atoms with Gasteiger partial charge >= 0.3 is 11.9 Å². The fraction of sp³-hybridized carbons (Fsp3) is 0.478. The summed E-state index contributed by atoms with van der Waals surface area (Å²) >= 11 is 0. The number of aromatic amines is 3. The van der Waals surface area contributed by atoms with E-state index in [-0.39, 0.29) is 30.8 Å². The Balaban J connectivity index is 1.52. The van der Waals surface area contributed by atoms with Crippen molar-refractivity contribution < 1.29 is 19.8 Å². The number of carboxylic acid groups (broad SMARTS) is 2. The Morgan fingerprint density at radius 2 is 1.38 bits per heavy atom. The molecule has 0 saturated carbocycles. The molecule has 0 spiro atoms.